The smallest absolute Gasteiger partial charge is 0.118 e. The molecule has 0 fully saturated rings. The second-order valence-electron chi connectivity index (χ2n) is 2.15. The summed E-state index contributed by atoms with van der Waals surface area (Å²) in [6.07, 6.45) is 0. The molecule has 1 aromatic carbocycles. The summed E-state index contributed by atoms with van der Waals surface area (Å²) in [5, 5.41) is 11.3. The van der Waals surface area contributed by atoms with Crippen LogP contribution < -0.4 is 0 Å². The Hall–Kier alpha value is -1.03. The van der Waals surface area contributed by atoms with Crippen molar-refractivity contribution in [1.29, 1.82) is 0 Å². The van der Waals surface area contributed by atoms with Crippen molar-refractivity contribution in [2.45, 2.75) is 11.8 Å². The summed E-state index contributed by atoms with van der Waals surface area (Å²) in [6, 6.07) is 5.21. The molecule has 66 valence electrons. The zero-order chi connectivity index (χ0) is 9.56. The number of nitrogens with zero attached hydrogens (tertiary/aromatic N) is 1. The van der Waals surface area contributed by atoms with Crippen molar-refractivity contribution in [3.63, 3.8) is 0 Å². The van der Waals surface area contributed by atoms with E-state index in [1.165, 1.54) is 7.05 Å². The average Bonchev–Trinajstić information content (AvgIpc) is 1.99. The highest BCUT2D eigenvalue weighted by Crippen LogP contribution is 2.18. The molecule has 0 heterocycles. The molecule has 0 aliphatic carbocycles. The van der Waals surface area contributed by atoms with E-state index in [9.17, 15) is 0 Å². The molecular weight excluding hydrogens is 174 g/mol. The number of phenols is 1. The van der Waals surface area contributed by atoms with Crippen molar-refractivity contribution in [3.8, 4) is 5.75 Å². The molecule has 0 amide bonds. The summed E-state index contributed by atoms with van der Waals surface area (Å²) in [4.78, 5) is 9.44. The Bertz CT molecular complexity index is 263. The largest absolute Gasteiger partial charge is 0.508 e. The van der Waals surface area contributed by atoms with E-state index in [4.69, 9.17) is 10.0 Å². The van der Waals surface area contributed by atoms with Crippen LogP contribution in [0, 0.1) is 11.8 Å². The summed E-state index contributed by atoms with van der Waals surface area (Å²) in [5.74, 6) is 0.327. The van der Waals surface area contributed by atoms with Gasteiger partial charge in [-0.15, -0.1) is 12.6 Å². The first kappa shape index (κ1) is 11.0. The first-order chi connectivity index (χ1) is 5.61. The summed E-state index contributed by atoms with van der Waals surface area (Å²) in [6.45, 7) is 1.84. The third kappa shape index (κ3) is 3.98. The van der Waals surface area contributed by atoms with E-state index in [2.05, 4.69) is 17.8 Å². The van der Waals surface area contributed by atoms with Gasteiger partial charge in [0, 0.05) is 4.90 Å². The highest BCUT2D eigenvalue weighted by molar-refractivity contribution is 7.80. The molecule has 1 rings (SSSR count). The van der Waals surface area contributed by atoms with Crippen LogP contribution in [0.3, 0.4) is 0 Å². The minimum absolute atomic E-state index is 0.327. The molecule has 0 atom stereocenters. The first-order valence-corrected chi connectivity index (χ1v) is 3.76. The molecule has 1 N–H and O–H groups in total. The van der Waals surface area contributed by atoms with Crippen molar-refractivity contribution in [2.75, 3.05) is 7.05 Å². The lowest BCUT2D eigenvalue weighted by Crippen LogP contribution is -1.72. The number of thiol groups is 1. The molecule has 0 spiro atoms. The van der Waals surface area contributed by atoms with Gasteiger partial charge in [-0.1, -0.05) is 5.18 Å². The predicted molar refractivity (Wildman–Crippen MR) is 51.8 cm³/mol. The van der Waals surface area contributed by atoms with Crippen LogP contribution in [0.2, 0.25) is 0 Å². The van der Waals surface area contributed by atoms with Gasteiger partial charge in [0.25, 0.3) is 0 Å². The van der Waals surface area contributed by atoms with E-state index in [1.807, 2.05) is 13.0 Å². The molecule has 0 aliphatic rings. The van der Waals surface area contributed by atoms with Gasteiger partial charge in [0.05, 0.1) is 7.05 Å². The molecule has 0 unspecified atom stereocenters. The van der Waals surface area contributed by atoms with Gasteiger partial charge in [0.2, 0.25) is 0 Å². The highest BCUT2D eigenvalue weighted by atomic mass is 32.1. The number of rotatable bonds is 0. The van der Waals surface area contributed by atoms with E-state index in [1.54, 1.807) is 12.1 Å². The Kier molecular flexibility index (Phi) is 5.12. The lowest BCUT2D eigenvalue weighted by atomic mass is 10.2. The zero-order valence-corrected chi connectivity index (χ0v) is 7.88. The number of benzene rings is 1. The molecular formula is C8H11NO2S. The van der Waals surface area contributed by atoms with Crippen molar-refractivity contribution in [2.24, 2.45) is 5.18 Å². The van der Waals surface area contributed by atoms with Crippen LogP contribution in [0.25, 0.3) is 0 Å². The number of aromatic hydroxyl groups is 1. The normalized spacial score (nSPS) is 8.25. The van der Waals surface area contributed by atoms with Crippen LogP contribution >= 0.6 is 12.6 Å². The molecule has 0 aromatic heterocycles. The van der Waals surface area contributed by atoms with Gasteiger partial charge in [0.15, 0.2) is 0 Å². The van der Waals surface area contributed by atoms with Crippen molar-refractivity contribution in [1.82, 2.24) is 0 Å². The lowest BCUT2D eigenvalue weighted by Gasteiger charge is -1.96. The van der Waals surface area contributed by atoms with Gasteiger partial charge in [-0.2, -0.15) is 4.91 Å². The molecule has 0 saturated carbocycles. The average molecular weight is 185 g/mol. The molecule has 3 nitrogen and oxygen atoms in total. The summed E-state index contributed by atoms with van der Waals surface area (Å²) in [7, 11) is 1.19. The maximum absolute atomic E-state index is 9.01. The van der Waals surface area contributed by atoms with Crippen molar-refractivity contribution in [3.05, 3.63) is 28.7 Å². The fraction of sp³-hybridized carbons (Fsp3) is 0.250. The van der Waals surface area contributed by atoms with Gasteiger partial charge in [-0.25, -0.2) is 0 Å². The van der Waals surface area contributed by atoms with Crippen LogP contribution in [0.4, 0.5) is 0 Å². The predicted octanol–water partition coefficient (Wildman–Crippen LogP) is 2.37. The number of nitroso groups, excluding NO2 is 1. The van der Waals surface area contributed by atoms with Crippen molar-refractivity contribution >= 4 is 12.6 Å². The zero-order valence-electron chi connectivity index (χ0n) is 6.98. The molecule has 0 saturated heterocycles. The van der Waals surface area contributed by atoms with Gasteiger partial charge >= 0.3 is 0 Å². The highest BCUT2D eigenvalue weighted by Gasteiger charge is 1.92. The molecule has 0 aliphatic heterocycles. The maximum Gasteiger partial charge on any atom is 0.118 e. The minimum atomic E-state index is 0.327. The van der Waals surface area contributed by atoms with Crippen molar-refractivity contribution < 1.29 is 5.11 Å². The fourth-order valence-electron chi connectivity index (χ4n) is 0.640. The van der Waals surface area contributed by atoms with Crippen LogP contribution in [0.15, 0.2) is 28.3 Å². The van der Waals surface area contributed by atoms with Gasteiger partial charge < -0.3 is 5.11 Å². The van der Waals surface area contributed by atoms with E-state index in [0.717, 1.165) is 10.5 Å². The Morgan fingerprint density at radius 1 is 1.50 bits per heavy atom. The van der Waals surface area contributed by atoms with Crippen LogP contribution in [-0.2, 0) is 0 Å². The Morgan fingerprint density at radius 3 is 2.33 bits per heavy atom. The third-order valence-corrected chi connectivity index (χ3v) is 1.46. The molecule has 0 radical (unpaired) electrons. The topological polar surface area (TPSA) is 49.7 Å². The fourth-order valence-corrected chi connectivity index (χ4v) is 0.908. The lowest BCUT2D eigenvalue weighted by molar-refractivity contribution is 0.470. The van der Waals surface area contributed by atoms with Crippen LogP contribution in [-0.4, -0.2) is 12.2 Å². The minimum Gasteiger partial charge on any atom is -0.508 e. The number of phenolic OH excluding ortho intramolecular Hbond substituents is 1. The van der Waals surface area contributed by atoms with Crippen LogP contribution in [0.5, 0.6) is 5.75 Å². The van der Waals surface area contributed by atoms with E-state index in [0.29, 0.717) is 5.75 Å². The number of hydrogen-bond donors (Lipinski definition) is 2. The van der Waals surface area contributed by atoms with Crippen LogP contribution in [0.1, 0.15) is 5.56 Å². The van der Waals surface area contributed by atoms with E-state index < -0.39 is 0 Å². The molecule has 0 bridgehead atoms. The Morgan fingerprint density at radius 2 is 2.00 bits per heavy atom. The third-order valence-electron chi connectivity index (χ3n) is 1.18. The summed E-state index contributed by atoms with van der Waals surface area (Å²) < 4.78 is 0. The molecule has 4 heteroatoms. The van der Waals surface area contributed by atoms with Gasteiger partial charge in [-0.3, -0.25) is 0 Å². The second-order valence-corrected chi connectivity index (χ2v) is 2.67. The SMILES string of the molecule is CN=O.Cc1cc(S)ccc1O. The second kappa shape index (κ2) is 5.60. The van der Waals surface area contributed by atoms with Gasteiger partial charge in [0.1, 0.15) is 5.75 Å². The van der Waals surface area contributed by atoms with E-state index >= 15 is 0 Å². The summed E-state index contributed by atoms with van der Waals surface area (Å²) in [5.41, 5.74) is 0.863. The quantitative estimate of drug-likeness (QED) is 0.481. The monoisotopic (exact) mass is 185 g/mol. The number of aryl methyl sites for hydroxylation is 1. The summed E-state index contributed by atoms with van der Waals surface area (Å²) >= 11 is 4.09. The van der Waals surface area contributed by atoms with Gasteiger partial charge in [-0.05, 0) is 30.7 Å². The number of hydrogen-bond acceptors (Lipinski definition) is 4. The first-order valence-electron chi connectivity index (χ1n) is 3.32. The Labute approximate surface area is 76.8 Å². The Balaban J connectivity index is 0.000000354. The molecule has 1 aromatic rings. The molecule has 12 heavy (non-hydrogen) atoms. The maximum atomic E-state index is 9.01. The standard InChI is InChI=1S/C7H8OS.CH3NO/c1-5-4-6(9)2-3-7(5)8;1-2-3/h2-4,8-9H,1H3;1H3. The van der Waals surface area contributed by atoms with E-state index in [-0.39, 0.29) is 0 Å².